The lowest BCUT2D eigenvalue weighted by Gasteiger charge is -2.26. The van der Waals surface area contributed by atoms with Crippen LogP contribution in [0.25, 0.3) is 0 Å². The molecule has 3 rings (SSSR count). The van der Waals surface area contributed by atoms with Gasteiger partial charge in [0, 0.05) is 36.3 Å². The van der Waals surface area contributed by atoms with Crippen LogP contribution in [0.2, 0.25) is 5.02 Å². The van der Waals surface area contributed by atoms with E-state index in [0.29, 0.717) is 30.2 Å². The zero-order valence-electron chi connectivity index (χ0n) is 18.8. The Morgan fingerprint density at radius 2 is 1.75 bits per heavy atom. The van der Waals surface area contributed by atoms with Gasteiger partial charge in [0.05, 0.1) is 11.4 Å². The molecular formula is C24H32ClN3O3S. The van der Waals surface area contributed by atoms with E-state index in [2.05, 4.69) is 5.32 Å². The Balaban J connectivity index is 1.66. The Morgan fingerprint density at radius 1 is 1.06 bits per heavy atom. The number of likely N-dealkylation sites (N-methyl/N-ethyl adjacent to an activating group) is 1. The number of Topliss-reactive ketones (excluding diaryl/α,β-unsaturated/α-hetero) is 1. The SMILES string of the molecule is CN(C)C(CNCC(=O)c1cccc(S(=O)(=O)N2CCCCCC2)c1)c1ccccc1Cl. The lowest BCUT2D eigenvalue weighted by atomic mass is 10.1. The minimum absolute atomic E-state index is 0.00579. The molecule has 2 aromatic carbocycles. The van der Waals surface area contributed by atoms with Gasteiger partial charge in [0.1, 0.15) is 0 Å². The number of hydrogen-bond donors (Lipinski definition) is 1. The number of ketones is 1. The molecule has 32 heavy (non-hydrogen) atoms. The average Bonchev–Trinajstić information content (AvgIpc) is 3.07. The Labute approximate surface area is 196 Å². The molecule has 1 aliphatic heterocycles. The van der Waals surface area contributed by atoms with Crippen molar-refractivity contribution in [1.29, 1.82) is 0 Å². The fourth-order valence-electron chi connectivity index (χ4n) is 4.00. The Bertz CT molecular complexity index is 1020. The van der Waals surface area contributed by atoms with Crippen LogP contribution in [0.5, 0.6) is 0 Å². The summed E-state index contributed by atoms with van der Waals surface area (Å²) >= 11 is 6.35. The molecule has 174 valence electrons. The highest BCUT2D eigenvalue weighted by atomic mass is 35.5. The van der Waals surface area contributed by atoms with Crippen LogP contribution in [-0.4, -0.2) is 63.7 Å². The van der Waals surface area contributed by atoms with E-state index in [4.69, 9.17) is 11.6 Å². The molecule has 0 radical (unpaired) electrons. The van der Waals surface area contributed by atoms with Crippen molar-refractivity contribution in [3.8, 4) is 0 Å². The molecule has 0 bridgehead atoms. The number of benzene rings is 2. The first-order valence-electron chi connectivity index (χ1n) is 11.1. The molecule has 1 aliphatic rings. The maximum absolute atomic E-state index is 13.1. The van der Waals surface area contributed by atoms with Gasteiger partial charge in [0.25, 0.3) is 0 Å². The van der Waals surface area contributed by atoms with Gasteiger partial charge in [-0.25, -0.2) is 8.42 Å². The second-order valence-corrected chi connectivity index (χ2v) is 10.7. The summed E-state index contributed by atoms with van der Waals surface area (Å²) in [4.78, 5) is 15.0. The van der Waals surface area contributed by atoms with Crippen LogP contribution in [0, 0.1) is 0 Å². The first kappa shape index (κ1) is 24.9. The van der Waals surface area contributed by atoms with E-state index in [9.17, 15) is 13.2 Å². The number of nitrogens with one attached hydrogen (secondary N) is 1. The minimum atomic E-state index is -3.59. The second kappa shape index (κ2) is 11.4. The summed E-state index contributed by atoms with van der Waals surface area (Å²) in [7, 11) is 0.346. The largest absolute Gasteiger partial charge is 0.308 e. The van der Waals surface area contributed by atoms with Gasteiger partial charge in [-0.05, 0) is 50.7 Å². The van der Waals surface area contributed by atoms with Crippen molar-refractivity contribution in [3.63, 3.8) is 0 Å². The number of halogens is 1. The van der Waals surface area contributed by atoms with E-state index < -0.39 is 10.0 Å². The monoisotopic (exact) mass is 477 g/mol. The normalized spacial score (nSPS) is 16.6. The van der Waals surface area contributed by atoms with Gasteiger partial charge >= 0.3 is 0 Å². The van der Waals surface area contributed by atoms with Crippen LogP contribution in [0.1, 0.15) is 47.6 Å². The van der Waals surface area contributed by atoms with Crippen molar-refractivity contribution >= 4 is 27.4 Å². The Kier molecular flexibility index (Phi) is 8.85. The maximum atomic E-state index is 13.1. The summed E-state index contributed by atoms with van der Waals surface area (Å²) in [6.07, 6.45) is 3.86. The number of carbonyl (C=O) groups is 1. The molecule has 0 spiro atoms. The summed E-state index contributed by atoms with van der Waals surface area (Å²) in [6.45, 7) is 1.72. The van der Waals surface area contributed by atoms with Gasteiger partial charge in [-0.3, -0.25) is 4.79 Å². The third kappa shape index (κ3) is 6.17. The molecule has 1 unspecified atom stereocenters. The third-order valence-electron chi connectivity index (χ3n) is 5.87. The van der Waals surface area contributed by atoms with E-state index in [0.717, 1.165) is 31.2 Å². The highest BCUT2D eigenvalue weighted by Gasteiger charge is 2.26. The molecule has 0 amide bonds. The highest BCUT2D eigenvalue weighted by molar-refractivity contribution is 7.89. The van der Waals surface area contributed by atoms with Crippen molar-refractivity contribution in [1.82, 2.24) is 14.5 Å². The molecule has 0 aliphatic carbocycles. The molecule has 1 N–H and O–H groups in total. The van der Waals surface area contributed by atoms with E-state index in [1.54, 1.807) is 22.5 Å². The lowest BCUT2D eigenvalue weighted by molar-refractivity contribution is 0.0988. The number of nitrogens with zero attached hydrogens (tertiary/aromatic N) is 2. The first-order valence-corrected chi connectivity index (χ1v) is 12.9. The van der Waals surface area contributed by atoms with Crippen LogP contribution in [0.3, 0.4) is 0 Å². The summed E-state index contributed by atoms with van der Waals surface area (Å²) in [5, 5.41) is 3.90. The molecule has 1 saturated heterocycles. The van der Waals surface area contributed by atoms with Crippen LogP contribution >= 0.6 is 11.6 Å². The Morgan fingerprint density at radius 3 is 2.41 bits per heavy atom. The topological polar surface area (TPSA) is 69.7 Å². The quantitative estimate of drug-likeness (QED) is 0.553. The second-order valence-electron chi connectivity index (χ2n) is 8.40. The van der Waals surface area contributed by atoms with Crippen LogP contribution in [-0.2, 0) is 10.0 Å². The smallest absolute Gasteiger partial charge is 0.243 e. The lowest BCUT2D eigenvalue weighted by Crippen LogP contribution is -2.34. The van der Waals surface area contributed by atoms with Crippen molar-refractivity contribution in [3.05, 3.63) is 64.7 Å². The fraction of sp³-hybridized carbons (Fsp3) is 0.458. The van der Waals surface area contributed by atoms with E-state index in [1.165, 1.54) is 6.07 Å². The van der Waals surface area contributed by atoms with E-state index in [1.807, 2.05) is 43.3 Å². The van der Waals surface area contributed by atoms with Crippen LogP contribution in [0.4, 0.5) is 0 Å². The number of sulfonamides is 1. The average molecular weight is 478 g/mol. The Hall–Kier alpha value is -1.77. The predicted octanol–water partition coefficient (Wildman–Crippen LogP) is 3.98. The van der Waals surface area contributed by atoms with Gasteiger partial charge in [0.2, 0.25) is 10.0 Å². The molecule has 1 fully saturated rings. The third-order valence-corrected chi connectivity index (χ3v) is 8.11. The predicted molar refractivity (Wildman–Crippen MR) is 129 cm³/mol. The molecule has 1 atom stereocenters. The van der Waals surface area contributed by atoms with Gasteiger partial charge in [0.15, 0.2) is 5.78 Å². The van der Waals surface area contributed by atoms with Crippen molar-refractivity contribution in [2.45, 2.75) is 36.6 Å². The molecule has 1 heterocycles. The van der Waals surface area contributed by atoms with Gasteiger partial charge in [-0.15, -0.1) is 0 Å². The standard InChI is InChI=1S/C24H32ClN3O3S/c1-27(2)23(21-12-5-6-13-22(21)25)17-26-18-24(29)19-10-9-11-20(16-19)32(30,31)28-14-7-3-4-8-15-28/h5-6,9-13,16,23,26H,3-4,7-8,14-15,17-18H2,1-2H3. The molecule has 0 aromatic heterocycles. The van der Waals surface area contributed by atoms with Gasteiger partial charge < -0.3 is 10.2 Å². The fourth-order valence-corrected chi connectivity index (χ4v) is 5.83. The molecular weight excluding hydrogens is 446 g/mol. The summed E-state index contributed by atoms with van der Waals surface area (Å²) in [5.74, 6) is -0.144. The van der Waals surface area contributed by atoms with Gasteiger partial charge in [-0.2, -0.15) is 4.31 Å². The van der Waals surface area contributed by atoms with E-state index in [-0.39, 0.29) is 23.3 Å². The zero-order valence-corrected chi connectivity index (χ0v) is 20.3. The summed E-state index contributed by atoms with van der Waals surface area (Å²) in [5.41, 5.74) is 1.39. The minimum Gasteiger partial charge on any atom is -0.308 e. The maximum Gasteiger partial charge on any atom is 0.243 e. The molecule has 8 heteroatoms. The number of carbonyl (C=O) groups excluding carboxylic acids is 1. The van der Waals surface area contributed by atoms with Crippen LogP contribution < -0.4 is 5.32 Å². The molecule has 0 saturated carbocycles. The highest BCUT2D eigenvalue weighted by Crippen LogP contribution is 2.25. The molecule has 2 aromatic rings. The molecule has 6 nitrogen and oxygen atoms in total. The van der Waals surface area contributed by atoms with E-state index >= 15 is 0 Å². The van der Waals surface area contributed by atoms with Crippen molar-refractivity contribution in [2.75, 3.05) is 40.3 Å². The summed E-state index contributed by atoms with van der Waals surface area (Å²) < 4.78 is 27.7. The van der Waals surface area contributed by atoms with Crippen molar-refractivity contribution in [2.24, 2.45) is 0 Å². The first-order chi connectivity index (χ1) is 15.3. The van der Waals surface area contributed by atoms with Crippen LogP contribution in [0.15, 0.2) is 53.4 Å². The zero-order chi connectivity index (χ0) is 23.1. The number of rotatable bonds is 9. The number of hydrogen-bond acceptors (Lipinski definition) is 5. The van der Waals surface area contributed by atoms with Gasteiger partial charge in [-0.1, -0.05) is 54.8 Å². The summed E-state index contributed by atoms with van der Waals surface area (Å²) in [6, 6.07) is 14.1. The van der Waals surface area contributed by atoms with Crippen molar-refractivity contribution < 1.29 is 13.2 Å².